The molecule has 2 rings (SSSR count). The predicted molar refractivity (Wildman–Crippen MR) is 68.5 cm³/mol. The Labute approximate surface area is 110 Å². The average Bonchev–Trinajstić information content (AvgIpc) is 2.93. The van der Waals surface area contributed by atoms with Gasteiger partial charge < -0.3 is 4.98 Å². The maximum absolute atomic E-state index is 12.8. The third-order valence-electron chi connectivity index (χ3n) is 2.50. The number of thiophene rings is 1. The molecular weight excluding hydrogens is 280 g/mol. The van der Waals surface area contributed by atoms with Crippen LogP contribution < -0.4 is 0 Å². The van der Waals surface area contributed by atoms with Gasteiger partial charge in [-0.05, 0) is 24.2 Å². The van der Waals surface area contributed by atoms with Crippen LogP contribution in [0.15, 0.2) is 29.0 Å². The van der Waals surface area contributed by atoms with E-state index in [0.29, 0.717) is 11.3 Å². The molecule has 0 fully saturated rings. The number of H-pyrrole nitrogens is 1. The third-order valence-corrected chi connectivity index (χ3v) is 3.46. The van der Waals surface area contributed by atoms with Crippen molar-refractivity contribution in [3.63, 3.8) is 0 Å². The van der Waals surface area contributed by atoms with Crippen molar-refractivity contribution in [2.24, 2.45) is 4.99 Å². The molecule has 2 aromatic heterocycles. The first kappa shape index (κ1) is 13.5. The van der Waals surface area contributed by atoms with Gasteiger partial charge in [0.05, 0.1) is 6.33 Å². The van der Waals surface area contributed by atoms with E-state index in [-0.39, 0.29) is 28.8 Å². The Balaban J connectivity index is 2.63. The molecule has 0 aliphatic heterocycles. The Morgan fingerprint density at radius 2 is 2.05 bits per heavy atom. The number of nitrogens with zero attached hydrogens (tertiary/aromatic N) is 1. The van der Waals surface area contributed by atoms with Gasteiger partial charge in [0.15, 0.2) is 0 Å². The monoisotopic (exact) mass is 288 g/mol. The topological polar surface area (TPSA) is 28.1 Å². The fourth-order valence-electron chi connectivity index (χ4n) is 1.75. The number of nitrogens with one attached hydrogen (secondary N) is 1. The van der Waals surface area contributed by atoms with Crippen LogP contribution >= 0.6 is 11.3 Å². The molecule has 0 saturated carbocycles. The quantitative estimate of drug-likeness (QED) is 0.606. The highest BCUT2D eigenvalue weighted by Crippen LogP contribution is 2.43. The summed E-state index contributed by atoms with van der Waals surface area (Å²) < 4.78 is 50.9. The summed E-state index contributed by atoms with van der Waals surface area (Å²) in [6.07, 6.45) is -1.79. The molecule has 1 N–H and O–H groups in total. The first-order chi connectivity index (χ1) is 8.99. The van der Waals surface area contributed by atoms with Crippen molar-refractivity contribution in [3.8, 4) is 11.1 Å². The summed E-state index contributed by atoms with van der Waals surface area (Å²) >= 11 is 0.592. The van der Waals surface area contributed by atoms with Gasteiger partial charge in [0.1, 0.15) is 10.7 Å². The number of hydrogen-bond acceptors (Lipinski definition) is 2. The molecule has 0 radical (unpaired) electrons. The number of alkyl halides is 3. The second kappa shape index (κ2) is 5.00. The Hall–Kier alpha value is -1.89. The van der Waals surface area contributed by atoms with E-state index in [1.54, 1.807) is 0 Å². The summed E-state index contributed by atoms with van der Waals surface area (Å²) in [5.41, 5.74) is 0.475. The van der Waals surface area contributed by atoms with Crippen molar-refractivity contribution in [3.05, 3.63) is 34.4 Å². The largest absolute Gasteiger partial charge is 0.426 e. The van der Waals surface area contributed by atoms with Crippen LogP contribution in [-0.4, -0.2) is 11.7 Å². The van der Waals surface area contributed by atoms with Gasteiger partial charge in [0, 0.05) is 22.9 Å². The molecule has 0 spiro atoms. The lowest BCUT2D eigenvalue weighted by atomic mass is 10.0. The van der Waals surface area contributed by atoms with Gasteiger partial charge in [0.2, 0.25) is 0 Å². The number of hydrogen-bond donors (Lipinski definition) is 1. The van der Waals surface area contributed by atoms with Gasteiger partial charge >= 0.3 is 6.18 Å². The van der Waals surface area contributed by atoms with Crippen LogP contribution in [0.4, 0.5) is 23.4 Å². The van der Waals surface area contributed by atoms with E-state index >= 15 is 0 Å². The summed E-state index contributed by atoms with van der Waals surface area (Å²) in [5.74, 6) is 0.225. The maximum atomic E-state index is 12.8. The summed E-state index contributed by atoms with van der Waals surface area (Å²) in [5, 5.41) is 1.34. The second-order valence-corrected chi connectivity index (χ2v) is 4.49. The van der Waals surface area contributed by atoms with Crippen LogP contribution in [0.2, 0.25) is 0 Å². The molecule has 0 aliphatic carbocycles. The van der Waals surface area contributed by atoms with E-state index in [0.717, 1.165) is 6.08 Å². The molecule has 2 nitrogen and oxygen atoms in total. The number of rotatable bonds is 3. The van der Waals surface area contributed by atoms with Crippen LogP contribution in [0.25, 0.3) is 17.2 Å². The van der Waals surface area contributed by atoms with Gasteiger partial charge in [-0.3, -0.25) is 0 Å². The molecule has 2 heterocycles. The zero-order chi connectivity index (χ0) is 14.0. The smallest absolute Gasteiger partial charge is 0.346 e. The summed E-state index contributed by atoms with van der Waals surface area (Å²) in [7, 11) is 0. The Morgan fingerprint density at radius 3 is 2.63 bits per heavy atom. The van der Waals surface area contributed by atoms with Crippen LogP contribution in [-0.2, 0) is 6.18 Å². The van der Waals surface area contributed by atoms with Gasteiger partial charge in [-0.25, -0.2) is 9.38 Å². The van der Waals surface area contributed by atoms with E-state index in [2.05, 4.69) is 16.7 Å². The molecule has 0 aliphatic rings. The van der Waals surface area contributed by atoms with Gasteiger partial charge in [0.25, 0.3) is 0 Å². The van der Waals surface area contributed by atoms with E-state index < -0.39 is 11.1 Å². The van der Waals surface area contributed by atoms with Gasteiger partial charge in [-0.2, -0.15) is 13.2 Å². The van der Waals surface area contributed by atoms with Crippen molar-refractivity contribution in [1.82, 2.24) is 4.98 Å². The molecule has 2 aromatic rings. The van der Waals surface area contributed by atoms with E-state index in [1.165, 1.54) is 17.6 Å². The predicted octanol–water partition coefficient (Wildman–Crippen LogP) is 5.03. The molecule has 0 amide bonds. The van der Waals surface area contributed by atoms with Crippen LogP contribution in [0, 0.1) is 0 Å². The van der Waals surface area contributed by atoms with Crippen molar-refractivity contribution in [2.45, 2.75) is 6.18 Å². The molecule has 100 valence electrons. The Bertz CT molecular complexity index is 622. The maximum Gasteiger partial charge on any atom is 0.426 e. The number of aromatic nitrogens is 1. The van der Waals surface area contributed by atoms with Crippen LogP contribution in [0.1, 0.15) is 10.4 Å². The lowest BCUT2D eigenvalue weighted by Crippen LogP contribution is -2.03. The SMILES string of the molecule is C=Nc1[nH]cc(-c2ccsc2C(F)(F)F)c1/C=C/F. The molecule has 0 saturated heterocycles. The third kappa shape index (κ3) is 2.46. The molecule has 7 heteroatoms. The lowest BCUT2D eigenvalue weighted by molar-refractivity contribution is -0.133. The van der Waals surface area contributed by atoms with Crippen molar-refractivity contribution in [2.75, 3.05) is 0 Å². The summed E-state index contributed by atoms with van der Waals surface area (Å²) in [4.78, 5) is 5.55. The molecule has 0 atom stereocenters. The van der Waals surface area contributed by atoms with E-state index in [4.69, 9.17) is 0 Å². The van der Waals surface area contributed by atoms with Gasteiger partial charge in [-0.1, -0.05) is 0 Å². The second-order valence-electron chi connectivity index (χ2n) is 3.58. The number of aliphatic imine (C=N–C) groups is 1. The molecular formula is C12H8F4N2S. The van der Waals surface area contributed by atoms with Crippen LogP contribution in [0.5, 0.6) is 0 Å². The highest BCUT2D eigenvalue weighted by atomic mass is 32.1. The first-order valence-corrected chi connectivity index (χ1v) is 5.97. The highest BCUT2D eigenvalue weighted by molar-refractivity contribution is 7.10. The minimum Gasteiger partial charge on any atom is -0.346 e. The molecule has 0 aromatic carbocycles. The van der Waals surface area contributed by atoms with E-state index in [9.17, 15) is 17.6 Å². The zero-order valence-corrected chi connectivity index (χ0v) is 10.3. The van der Waals surface area contributed by atoms with E-state index in [1.807, 2.05) is 0 Å². The molecule has 19 heavy (non-hydrogen) atoms. The fraction of sp³-hybridized carbons (Fsp3) is 0.0833. The van der Waals surface area contributed by atoms with Crippen molar-refractivity contribution in [1.29, 1.82) is 0 Å². The normalized spacial score (nSPS) is 12.2. The fourth-order valence-corrected chi connectivity index (χ4v) is 2.53. The van der Waals surface area contributed by atoms with Crippen LogP contribution in [0.3, 0.4) is 0 Å². The minimum absolute atomic E-state index is 0.00301. The first-order valence-electron chi connectivity index (χ1n) is 5.09. The standard InChI is InChI=1S/C12H8F4N2S/c1-17-11-8(2-4-13)9(6-18-11)7-3-5-19-10(7)12(14,15)16/h2-6,18H,1H2/b4-2+. The Morgan fingerprint density at radius 1 is 1.32 bits per heavy atom. The highest BCUT2D eigenvalue weighted by Gasteiger charge is 2.35. The summed E-state index contributed by atoms with van der Waals surface area (Å²) in [6.45, 7) is 3.28. The minimum atomic E-state index is -4.45. The number of aromatic amines is 1. The molecule has 0 bridgehead atoms. The zero-order valence-electron chi connectivity index (χ0n) is 9.46. The molecule has 0 unspecified atom stereocenters. The lowest BCUT2D eigenvalue weighted by Gasteiger charge is -2.07. The van der Waals surface area contributed by atoms with Gasteiger partial charge in [-0.15, -0.1) is 11.3 Å². The van der Waals surface area contributed by atoms with Crippen molar-refractivity contribution >= 4 is 29.9 Å². The Kier molecular flexibility index (Phi) is 3.57. The average molecular weight is 288 g/mol. The summed E-state index contributed by atoms with van der Waals surface area (Å²) in [6, 6.07) is 1.35. The number of halogens is 4. The van der Waals surface area contributed by atoms with Crippen molar-refractivity contribution < 1.29 is 17.6 Å².